The van der Waals surface area contributed by atoms with Crippen molar-refractivity contribution in [3.05, 3.63) is 34.3 Å². The number of hydrogen-bond acceptors (Lipinski definition) is 2. The number of nitrogens with zero attached hydrogens (tertiary/aromatic N) is 1. The summed E-state index contributed by atoms with van der Waals surface area (Å²) < 4.78 is 1.02. The van der Waals surface area contributed by atoms with Crippen LogP contribution in [0.5, 0.6) is 0 Å². The number of amides is 2. The molecule has 0 radical (unpaired) electrons. The number of rotatable bonds is 4. The maximum atomic E-state index is 12.5. The zero-order valence-corrected chi connectivity index (χ0v) is 14.3. The second-order valence-electron chi connectivity index (χ2n) is 6.25. The third-order valence-corrected chi connectivity index (χ3v) is 5.02. The van der Waals surface area contributed by atoms with Crippen LogP contribution in [-0.4, -0.2) is 29.3 Å². The molecule has 1 heterocycles. The van der Waals surface area contributed by atoms with Crippen LogP contribution < -0.4 is 5.32 Å². The summed E-state index contributed by atoms with van der Waals surface area (Å²) in [5.41, 5.74) is 1.06. The lowest BCUT2D eigenvalue weighted by molar-refractivity contribution is -0.139. The van der Waals surface area contributed by atoms with Gasteiger partial charge in [-0.25, -0.2) is 0 Å². The molecule has 1 aliphatic carbocycles. The number of benzene rings is 1. The van der Waals surface area contributed by atoms with E-state index in [4.69, 9.17) is 0 Å². The van der Waals surface area contributed by atoms with Gasteiger partial charge in [0.15, 0.2) is 0 Å². The average Bonchev–Trinajstić information content (AvgIpc) is 3.23. The molecule has 4 nitrogen and oxygen atoms in total. The van der Waals surface area contributed by atoms with Crippen molar-refractivity contribution < 1.29 is 9.59 Å². The Balaban J connectivity index is 1.62. The Morgan fingerprint density at radius 2 is 1.91 bits per heavy atom. The van der Waals surface area contributed by atoms with E-state index in [9.17, 15) is 9.59 Å². The van der Waals surface area contributed by atoms with Crippen molar-refractivity contribution in [2.24, 2.45) is 5.92 Å². The van der Waals surface area contributed by atoms with Gasteiger partial charge in [-0.3, -0.25) is 9.59 Å². The molecule has 2 fully saturated rings. The third-order valence-electron chi connectivity index (χ3n) is 4.49. The fourth-order valence-corrected chi connectivity index (χ4v) is 3.28. The van der Waals surface area contributed by atoms with E-state index in [1.54, 1.807) is 4.90 Å². The summed E-state index contributed by atoms with van der Waals surface area (Å²) in [7, 11) is 0. The fraction of sp³-hybridized carbons (Fsp3) is 0.529. The highest BCUT2D eigenvalue weighted by Gasteiger charge is 2.40. The van der Waals surface area contributed by atoms with Crippen LogP contribution in [-0.2, 0) is 9.59 Å². The first kappa shape index (κ1) is 15.5. The van der Waals surface area contributed by atoms with Crippen molar-refractivity contribution in [3.8, 4) is 0 Å². The van der Waals surface area contributed by atoms with E-state index in [0.29, 0.717) is 0 Å². The number of likely N-dealkylation sites (tertiary alicyclic amines) is 1. The van der Waals surface area contributed by atoms with Crippen LogP contribution in [0.3, 0.4) is 0 Å². The van der Waals surface area contributed by atoms with Gasteiger partial charge < -0.3 is 10.2 Å². The lowest BCUT2D eigenvalue weighted by Crippen LogP contribution is -2.47. The lowest BCUT2D eigenvalue weighted by atomic mass is 10.1. The Kier molecular flexibility index (Phi) is 4.52. The van der Waals surface area contributed by atoms with Crippen LogP contribution in [0.25, 0.3) is 0 Å². The molecule has 0 spiro atoms. The minimum Gasteiger partial charge on any atom is -0.348 e. The molecular weight excluding hydrogens is 344 g/mol. The van der Waals surface area contributed by atoms with Crippen molar-refractivity contribution in [2.45, 2.75) is 44.7 Å². The predicted octanol–water partition coefficient (Wildman–Crippen LogP) is 3.03. The highest BCUT2D eigenvalue weighted by atomic mass is 79.9. The van der Waals surface area contributed by atoms with E-state index in [0.717, 1.165) is 42.3 Å². The minimum absolute atomic E-state index is 0.0260. The van der Waals surface area contributed by atoms with Crippen molar-refractivity contribution in [1.82, 2.24) is 10.2 Å². The summed E-state index contributed by atoms with van der Waals surface area (Å²) in [4.78, 5) is 26.6. The summed E-state index contributed by atoms with van der Waals surface area (Å²) in [6.07, 6.45) is 3.67. The van der Waals surface area contributed by atoms with Crippen LogP contribution in [0.1, 0.15) is 44.2 Å². The number of halogens is 1. The van der Waals surface area contributed by atoms with Crippen molar-refractivity contribution >= 4 is 27.7 Å². The minimum atomic E-state index is -0.286. The zero-order valence-electron chi connectivity index (χ0n) is 12.7. The van der Waals surface area contributed by atoms with Gasteiger partial charge >= 0.3 is 0 Å². The van der Waals surface area contributed by atoms with Gasteiger partial charge in [0, 0.05) is 16.9 Å². The van der Waals surface area contributed by atoms with Crippen LogP contribution in [0, 0.1) is 5.92 Å². The van der Waals surface area contributed by atoms with Crippen molar-refractivity contribution in [1.29, 1.82) is 0 Å². The molecule has 118 valence electrons. The number of nitrogens with one attached hydrogen (secondary N) is 1. The monoisotopic (exact) mass is 364 g/mol. The van der Waals surface area contributed by atoms with Crippen molar-refractivity contribution in [3.63, 3.8) is 0 Å². The van der Waals surface area contributed by atoms with Gasteiger partial charge in [-0.2, -0.15) is 0 Å². The van der Waals surface area contributed by atoms with E-state index >= 15 is 0 Å². The number of carbonyl (C=O) groups is 2. The van der Waals surface area contributed by atoms with Crippen LogP contribution >= 0.6 is 15.9 Å². The van der Waals surface area contributed by atoms with E-state index in [1.165, 1.54) is 0 Å². The molecule has 3 rings (SSSR count). The summed E-state index contributed by atoms with van der Waals surface area (Å²) in [5, 5.41) is 3.05. The van der Waals surface area contributed by atoms with Gasteiger partial charge in [-0.05, 0) is 50.3 Å². The van der Waals surface area contributed by atoms with Crippen LogP contribution in [0.2, 0.25) is 0 Å². The lowest BCUT2D eigenvalue weighted by Gasteiger charge is -2.25. The first-order valence-corrected chi connectivity index (χ1v) is 8.72. The first-order chi connectivity index (χ1) is 10.6. The summed E-state index contributed by atoms with van der Waals surface area (Å²) >= 11 is 3.41. The number of hydrogen-bond donors (Lipinski definition) is 1. The summed E-state index contributed by atoms with van der Waals surface area (Å²) in [6, 6.07) is 7.59. The second kappa shape index (κ2) is 6.41. The Morgan fingerprint density at radius 1 is 1.23 bits per heavy atom. The molecule has 0 bridgehead atoms. The van der Waals surface area contributed by atoms with Gasteiger partial charge in [0.2, 0.25) is 11.8 Å². The molecule has 2 amide bonds. The fourth-order valence-electron chi connectivity index (χ4n) is 3.01. The summed E-state index contributed by atoms with van der Waals surface area (Å²) in [6.45, 7) is 2.70. The van der Waals surface area contributed by atoms with Crippen molar-refractivity contribution in [2.75, 3.05) is 6.54 Å². The maximum absolute atomic E-state index is 12.5. The van der Waals surface area contributed by atoms with Gasteiger partial charge in [-0.1, -0.05) is 28.1 Å². The molecule has 1 N–H and O–H groups in total. The quantitative estimate of drug-likeness (QED) is 0.892. The Hall–Kier alpha value is -1.36. The molecule has 1 aromatic rings. The molecule has 2 aliphatic rings. The molecule has 1 aromatic carbocycles. The van der Waals surface area contributed by atoms with E-state index in [2.05, 4.69) is 21.2 Å². The van der Waals surface area contributed by atoms with Gasteiger partial charge in [0.1, 0.15) is 6.04 Å². The van der Waals surface area contributed by atoms with E-state index in [1.807, 2.05) is 31.2 Å². The highest BCUT2D eigenvalue weighted by molar-refractivity contribution is 9.10. The smallest absolute Gasteiger partial charge is 0.243 e. The molecule has 0 aromatic heterocycles. The molecular formula is C17H21BrN2O2. The average molecular weight is 365 g/mol. The van der Waals surface area contributed by atoms with Crippen LogP contribution in [0.15, 0.2) is 28.7 Å². The largest absolute Gasteiger partial charge is 0.348 e. The van der Waals surface area contributed by atoms with Gasteiger partial charge in [-0.15, -0.1) is 0 Å². The van der Waals surface area contributed by atoms with E-state index in [-0.39, 0.29) is 29.8 Å². The topological polar surface area (TPSA) is 49.4 Å². The Bertz CT molecular complexity index is 569. The van der Waals surface area contributed by atoms with E-state index < -0.39 is 0 Å². The molecule has 1 saturated heterocycles. The normalized spacial score (nSPS) is 22.5. The molecule has 5 heteroatoms. The SMILES string of the molecule is C[C@H](NC(=O)[C@@H]1CCCN1C(=O)C1CC1)c1ccc(Br)cc1. The standard InChI is InChI=1S/C17H21BrN2O2/c1-11(12-6-8-14(18)9-7-12)19-16(21)15-3-2-10-20(15)17(22)13-4-5-13/h6-9,11,13,15H,2-5,10H2,1H3,(H,19,21)/t11-,15-/m0/s1. The molecule has 1 aliphatic heterocycles. The predicted molar refractivity (Wildman–Crippen MR) is 88.2 cm³/mol. The molecule has 2 atom stereocenters. The number of carbonyl (C=O) groups excluding carboxylic acids is 2. The highest BCUT2D eigenvalue weighted by Crippen LogP contribution is 2.33. The maximum Gasteiger partial charge on any atom is 0.243 e. The van der Waals surface area contributed by atoms with Crippen LogP contribution in [0.4, 0.5) is 0 Å². The molecule has 22 heavy (non-hydrogen) atoms. The molecule has 1 saturated carbocycles. The Morgan fingerprint density at radius 3 is 2.55 bits per heavy atom. The first-order valence-electron chi connectivity index (χ1n) is 7.92. The van der Waals surface area contributed by atoms with Gasteiger partial charge in [0.25, 0.3) is 0 Å². The Labute approximate surface area is 139 Å². The zero-order chi connectivity index (χ0) is 15.7. The second-order valence-corrected chi connectivity index (χ2v) is 7.16. The molecule has 0 unspecified atom stereocenters. The van der Waals surface area contributed by atoms with Gasteiger partial charge in [0.05, 0.1) is 6.04 Å². The summed E-state index contributed by atoms with van der Waals surface area (Å²) in [5.74, 6) is 0.327. The third kappa shape index (κ3) is 3.35.